The number of aliphatic hydroxyl groups is 1. The van der Waals surface area contributed by atoms with Crippen LogP contribution in [0.15, 0.2) is 42.5 Å². The Hall–Kier alpha value is -1.62. The Morgan fingerprint density at radius 2 is 1.40 bits per heavy atom. The van der Waals surface area contributed by atoms with Crippen molar-refractivity contribution in [2.75, 3.05) is 0 Å². The molecule has 2 aromatic rings. The van der Waals surface area contributed by atoms with Crippen LogP contribution in [-0.2, 0) is 21.1 Å². The molecule has 0 amide bonds. The van der Waals surface area contributed by atoms with Crippen LogP contribution in [0.2, 0.25) is 0 Å². The predicted molar refractivity (Wildman–Crippen MR) is 146 cm³/mol. The second kappa shape index (κ2) is 9.69. The van der Waals surface area contributed by atoms with E-state index >= 15 is 0 Å². The number of hydrogen-bond acceptors (Lipinski definition) is 3. The standard InChI is InChI=1S/C31H45BO3/c1-8-31(9-2,25-14-12-24(13-15-25)18-21-30(33)19-10-11-20-30)26-16-17-27(23(3)22-26)32-34-28(4,5)29(6,7)35-32/h12-17,22,33H,8-11,18-21H2,1-7H3. The second-order valence-corrected chi connectivity index (χ2v) is 12.1. The van der Waals surface area contributed by atoms with Crippen molar-refractivity contribution in [2.24, 2.45) is 0 Å². The molecule has 1 heterocycles. The summed E-state index contributed by atoms with van der Waals surface area (Å²) in [6, 6.07) is 16.0. The summed E-state index contributed by atoms with van der Waals surface area (Å²) in [5.74, 6) is 0. The van der Waals surface area contributed by atoms with Crippen LogP contribution in [0.5, 0.6) is 0 Å². The van der Waals surface area contributed by atoms with E-state index in [1.807, 2.05) is 0 Å². The Morgan fingerprint density at radius 1 is 0.857 bits per heavy atom. The van der Waals surface area contributed by atoms with Crippen LogP contribution >= 0.6 is 0 Å². The van der Waals surface area contributed by atoms with Gasteiger partial charge in [-0.25, -0.2) is 0 Å². The SMILES string of the molecule is CCC(CC)(c1ccc(CCC2(O)CCCC2)cc1)c1ccc(B2OC(C)(C)C(C)(C)O2)c(C)c1. The quantitative estimate of drug-likeness (QED) is 0.434. The van der Waals surface area contributed by atoms with E-state index in [2.05, 4.69) is 90.9 Å². The third kappa shape index (κ3) is 4.99. The van der Waals surface area contributed by atoms with Crippen LogP contribution in [0.1, 0.15) is 109 Å². The molecule has 3 nitrogen and oxygen atoms in total. The van der Waals surface area contributed by atoms with E-state index in [1.54, 1.807) is 0 Å². The third-order valence-electron chi connectivity index (χ3n) is 9.46. The molecule has 1 saturated heterocycles. The highest BCUT2D eigenvalue weighted by Crippen LogP contribution is 2.41. The van der Waals surface area contributed by atoms with Gasteiger partial charge in [-0.15, -0.1) is 0 Å². The van der Waals surface area contributed by atoms with Gasteiger partial charge in [-0.3, -0.25) is 0 Å². The van der Waals surface area contributed by atoms with Crippen molar-refractivity contribution >= 4 is 12.6 Å². The van der Waals surface area contributed by atoms with Gasteiger partial charge in [-0.2, -0.15) is 0 Å². The number of hydrogen-bond donors (Lipinski definition) is 1. The maximum atomic E-state index is 10.7. The van der Waals surface area contributed by atoms with Gasteiger partial charge in [0.25, 0.3) is 0 Å². The minimum atomic E-state index is -0.439. The molecule has 0 aromatic heterocycles. The minimum Gasteiger partial charge on any atom is -0.399 e. The summed E-state index contributed by atoms with van der Waals surface area (Å²) in [5, 5.41) is 10.7. The smallest absolute Gasteiger partial charge is 0.399 e. The van der Waals surface area contributed by atoms with Gasteiger partial charge >= 0.3 is 7.12 Å². The Kier molecular flexibility index (Phi) is 7.32. The minimum absolute atomic E-state index is 0.0264. The maximum absolute atomic E-state index is 10.7. The van der Waals surface area contributed by atoms with Crippen LogP contribution < -0.4 is 5.46 Å². The summed E-state index contributed by atoms with van der Waals surface area (Å²) in [6.45, 7) is 15.2. The molecule has 0 atom stereocenters. The Morgan fingerprint density at radius 3 is 1.91 bits per heavy atom. The van der Waals surface area contributed by atoms with E-state index in [4.69, 9.17) is 9.31 Å². The molecule has 0 bridgehead atoms. The van der Waals surface area contributed by atoms with Crippen LogP contribution in [0.4, 0.5) is 0 Å². The molecule has 35 heavy (non-hydrogen) atoms. The molecule has 0 unspecified atom stereocenters. The molecule has 0 radical (unpaired) electrons. The zero-order valence-corrected chi connectivity index (χ0v) is 23.0. The van der Waals surface area contributed by atoms with E-state index in [0.29, 0.717) is 0 Å². The van der Waals surface area contributed by atoms with Gasteiger partial charge < -0.3 is 14.4 Å². The predicted octanol–water partition coefficient (Wildman–Crippen LogP) is 6.64. The Balaban J connectivity index is 1.56. The van der Waals surface area contributed by atoms with Crippen molar-refractivity contribution < 1.29 is 14.4 Å². The van der Waals surface area contributed by atoms with Crippen molar-refractivity contribution in [1.82, 2.24) is 0 Å². The molecule has 190 valence electrons. The summed E-state index contributed by atoms with van der Waals surface area (Å²) < 4.78 is 12.7. The van der Waals surface area contributed by atoms with Gasteiger partial charge in [0.05, 0.1) is 16.8 Å². The second-order valence-electron chi connectivity index (χ2n) is 12.1. The molecule has 1 aliphatic carbocycles. The fourth-order valence-electron chi connectivity index (χ4n) is 6.09. The highest BCUT2D eigenvalue weighted by atomic mass is 16.7. The molecule has 1 N–H and O–H groups in total. The summed E-state index contributed by atoms with van der Waals surface area (Å²) >= 11 is 0. The first kappa shape index (κ1) is 26.4. The van der Waals surface area contributed by atoms with Crippen LogP contribution in [0.3, 0.4) is 0 Å². The molecule has 2 aliphatic rings. The summed E-state index contributed by atoms with van der Waals surface area (Å²) in [6.07, 6.45) is 8.15. The first-order valence-corrected chi connectivity index (χ1v) is 13.7. The molecule has 2 fully saturated rings. The Bertz CT molecular complexity index is 998. The van der Waals surface area contributed by atoms with Crippen LogP contribution in [0.25, 0.3) is 0 Å². The van der Waals surface area contributed by atoms with Crippen molar-refractivity contribution in [1.29, 1.82) is 0 Å². The first-order valence-electron chi connectivity index (χ1n) is 13.7. The largest absolute Gasteiger partial charge is 0.495 e. The zero-order chi connectivity index (χ0) is 25.5. The van der Waals surface area contributed by atoms with E-state index in [1.165, 1.54) is 22.3 Å². The molecule has 4 rings (SSSR count). The van der Waals surface area contributed by atoms with Gasteiger partial charge in [0.1, 0.15) is 0 Å². The average Bonchev–Trinajstić information content (AvgIpc) is 3.34. The van der Waals surface area contributed by atoms with Gasteiger partial charge in [0.15, 0.2) is 0 Å². The third-order valence-corrected chi connectivity index (χ3v) is 9.46. The van der Waals surface area contributed by atoms with Crippen molar-refractivity contribution in [3.63, 3.8) is 0 Å². The normalized spacial score (nSPS) is 21.0. The van der Waals surface area contributed by atoms with E-state index < -0.39 is 5.60 Å². The zero-order valence-electron chi connectivity index (χ0n) is 23.0. The van der Waals surface area contributed by atoms with Gasteiger partial charge in [0, 0.05) is 5.41 Å². The number of benzene rings is 2. The lowest BCUT2D eigenvalue weighted by Gasteiger charge is -2.34. The molecule has 1 saturated carbocycles. The van der Waals surface area contributed by atoms with Gasteiger partial charge in [-0.1, -0.05) is 74.7 Å². The monoisotopic (exact) mass is 476 g/mol. The number of aryl methyl sites for hydroxylation is 2. The lowest BCUT2D eigenvalue weighted by molar-refractivity contribution is 0.00578. The molecular formula is C31H45BO3. The fourth-order valence-corrected chi connectivity index (χ4v) is 6.09. The van der Waals surface area contributed by atoms with Crippen LogP contribution in [0, 0.1) is 6.92 Å². The maximum Gasteiger partial charge on any atom is 0.495 e. The van der Waals surface area contributed by atoms with E-state index in [-0.39, 0.29) is 23.7 Å². The van der Waals surface area contributed by atoms with Crippen molar-refractivity contribution in [2.45, 2.75) is 122 Å². The summed E-state index contributed by atoms with van der Waals surface area (Å²) in [4.78, 5) is 0. The van der Waals surface area contributed by atoms with Gasteiger partial charge in [0.2, 0.25) is 0 Å². The first-order chi connectivity index (χ1) is 16.5. The topological polar surface area (TPSA) is 38.7 Å². The van der Waals surface area contributed by atoms with Crippen molar-refractivity contribution in [3.8, 4) is 0 Å². The van der Waals surface area contributed by atoms with Crippen molar-refractivity contribution in [3.05, 3.63) is 64.7 Å². The average molecular weight is 477 g/mol. The molecular weight excluding hydrogens is 431 g/mol. The fraction of sp³-hybridized carbons (Fsp3) is 0.613. The molecule has 0 spiro atoms. The van der Waals surface area contributed by atoms with Gasteiger partial charge in [-0.05, 0) is 95.3 Å². The van der Waals surface area contributed by atoms with E-state index in [0.717, 1.165) is 56.8 Å². The molecule has 1 aliphatic heterocycles. The van der Waals surface area contributed by atoms with Crippen LogP contribution in [-0.4, -0.2) is 29.0 Å². The number of rotatable bonds is 8. The lowest BCUT2D eigenvalue weighted by atomic mass is 9.68. The molecule has 2 aromatic carbocycles. The van der Waals surface area contributed by atoms with E-state index in [9.17, 15) is 5.11 Å². The lowest BCUT2D eigenvalue weighted by Crippen LogP contribution is -2.41. The highest BCUT2D eigenvalue weighted by molar-refractivity contribution is 6.62. The summed E-state index contributed by atoms with van der Waals surface area (Å²) in [5.41, 5.74) is 5.24. The summed E-state index contributed by atoms with van der Waals surface area (Å²) in [7, 11) is -0.333. The molecule has 4 heteroatoms. The Labute approximate surface area is 213 Å². The highest BCUT2D eigenvalue weighted by Gasteiger charge is 2.52.